The normalized spacial score (nSPS) is 11.0. The van der Waals surface area contributed by atoms with Crippen LogP contribution in [-0.2, 0) is 13.5 Å². The molecule has 0 radical (unpaired) electrons. The van der Waals surface area contributed by atoms with Crippen molar-refractivity contribution in [2.24, 2.45) is 7.05 Å². The Kier molecular flexibility index (Phi) is 3.70. The van der Waals surface area contributed by atoms with Gasteiger partial charge in [-0.3, -0.25) is 9.48 Å². The van der Waals surface area contributed by atoms with E-state index in [0.717, 1.165) is 22.6 Å². The largest absolute Gasteiger partial charge is 0.350 e. The molecule has 0 aliphatic carbocycles. The highest BCUT2D eigenvalue weighted by Crippen LogP contribution is 2.21. The van der Waals surface area contributed by atoms with Crippen molar-refractivity contribution in [1.82, 2.24) is 20.1 Å². The minimum Gasteiger partial charge on any atom is -0.350 e. The van der Waals surface area contributed by atoms with E-state index >= 15 is 0 Å². The summed E-state index contributed by atoms with van der Waals surface area (Å²) < 4.78 is 2.78. The van der Waals surface area contributed by atoms with Crippen LogP contribution in [0.4, 0.5) is 0 Å². The Hall–Kier alpha value is -2.21. The number of aryl methyl sites for hydroxylation is 2. The van der Waals surface area contributed by atoms with Crippen LogP contribution in [0.2, 0.25) is 0 Å². The maximum absolute atomic E-state index is 12.1. The molecule has 0 saturated heterocycles. The lowest BCUT2D eigenvalue weighted by atomic mass is 10.3. The summed E-state index contributed by atoms with van der Waals surface area (Å²) in [5.74, 6) is -0.0980. The van der Waals surface area contributed by atoms with Gasteiger partial charge in [0.25, 0.3) is 5.91 Å². The fraction of sp³-hybridized carbons (Fsp3) is 0.267. The average Bonchev–Trinajstić information content (AvgIpc) is 3.01. The molecular weight excluding hydrogens is 284 g/mol. The number of hydrogen-bond donors (Lipinski definition) is 1. The first-order valence-electron chi connectivity index (χ1n) is 6.77. The summed E-state index contributed by atoms with van der Waals surface area (Å²) in [5, 5.41) is 8.13. The monoisotopic (exact) mass is 300 g/mol. The van der Waals surface area contributed by atoms with Gasteiger partial charge in [0, 0.05) is 20.0 Å². The summed E-state index contributed by atoms with van der Waals surface area (Å²) in [6.45, 7) is 2.45. The second-order valence-electron chi connectivity index (χ2n) is 4.88. The third-order valence-electron chi connectivity index (χ3n) is 3.20. The van der Waals surface area contributed by atoms with E-state index in [4.69, 9.17) is 0 Å². The van der Waals surface area contributed by atoms with Crippen LogP contribution in [0.1, 0.15) is 21.2 Å². The Labute approximate surface area is 126 Å². The molecule has 0 atom stereocenters. The van der Waals surface area contributed by atoms with E-state index in [1.165, 1.54) is 4.70 Å². The number of para-hydroxylation sites is 1. The number of nitrogens with one attached hydrogen (secondary N) is 1. The quantitative estimate of drug-likeness (QED) is 0.804. The predicted molar refractivity (Wildman–Crippen MR) is 83.6 cm³/mol. The summed E-state index contributed by atoms with van der Waals surface area (Å²) in [6.07, 6.45) is 0.738. The maximum atomic E-state index is 12.1. The van der Waals surface area contributed by atoms with Crippen molar-refractivity contribution in [3.8, 4) is 0 Å². The van der Waals surface area contributed by atoms with E-state index in [0.29, 0.717) is 12.2 Å². The number of aromatic nitrogens is 3. The molecule has 2 heterocycles. The van der Waals surface area contributed by atoms with Crippen LogP contribution in [-0.4, -0.2) is 27.2 Å². The molecule has 0 bridgehead atoms. The van der Waals surface area contributed by atoms with Gasteiger partial charge in [-0.1, -0.05) is 12.1 Å². The summed E-state index contributed by atoms with van der Waals surface area (Å²) >= 11 is 1.67. The summed E-state index contributed by atoms with van der Waals surface area (Å²) in [5.41, 5.74) is 2.44. The van der Waals surface area contributed by atoms with Gasteiger partial charge in [0.1, 0.15) is 5.69 Å². The molecule has 0 saturated carbocycles. The van der Waals surface area contributed by atoms with E-state index in [-0.39, 0.29) is 5.91 Å². The highest BCUT2D eigenvalue weighted by atomic mass is 32.1. The second kappa shape index (κ2) is 5.65. The van der Waals surface area contributed by atoms with Gasteiger partial charge >= 0.3 is 0 Å². The minimum absolute atomic E-state index is 0.0980. The molecule has 0 aliphatic heterocycles. The first kappa shape index (κ1) is 13.8. The molecule has 2 aromatic heterocycles. The molecular formula is C15H16N4OS. The van der Waals surface area contributed by atoms with Crippen molar-refractivity contribution >= 4 is 27.5 Å². The topological polar surface area (TPSA) is 59.8 Å². The zero-order valence-electron chi connectivity index (χ0n) is 12.0. The number of thiazole rings is 1. The van der Waals surface area contributed by atoms with E-state index in [1.807, 2.05) is 25.1 Å². The molecule has 5 nitrogen and oxygen atoms in total. The lowest BCUT2D eigenvalue weighted by molar-refractivity contribution is 0.0945. The van der Waals surface area contributed by atoms with Crippen molar-refractivity contribution in [2.75, 3.05) is 6.54 Å². The van der Waals surface area contributed by atoms with Crippen LogP contribution < -0.4 is 5.32 Å². The molecule has 3 rings (SSSR count). The van der Waals surface area contributed by atoms with Crippen LogP contribution in [0, 0.1) is 6.92 Å². The van der Waals surface area contributed by atoms with Crippen molar-refractivity contribution in [1.29, 1.82) is 0 Å². The van der Waals surface area contributed by atoms with Crippen LogP contribution in [0.3, 0.4) is 0 Å². The Bertz CT molecular complexity index is 757. The van der Waals surface area contributed by atoms with Gasteiger partial charge in [0.05, 0.1) is 20.9 Å². The van der Waals surface area contributed by atoms with Gasteiger partial charge in [-0.05, 0) is 25.1 Å². The zero-order chi connectivity index (χ0) is 14.8. The van der Waals surface area contributed by atoms with Crippen LogP contribution >= 0.6 is 11.3 Å². The predicted octanol–water partition coefficient (Wildman–Crippen LogP) is 2.31. The Balaban J connectivity index is 1.60. The average molecular weight is 300 g/mol. The number of nitrogens with zero attached hydrogens (tertiary/aromatic N) is 3. The van der Waals surface area contributed by atoms with Gasteiger partial charge < -0.3 is 5.32 Å². The van der Waals surface area contributed by atoms with Gasteiger partial charge in [-0.15, -0.1) is 11.3 Å². The first-order valence-corrected chi connectivity index (χ1v) is 7.58. The number of rotatable bonds is 4. The third kappa shape index (κ3) is 2.95. The van der Waals surface area contributed by atoms with Crippen molar-refractivity contribution in [3.05, 3.63) is 46.7 Å². The Morgan fingerprint density at radius 1 is 1.38 bits per heavy atom. The van der Waals surface area contributed by atoms with Crippen molar-refractivity contribution in [2.45, 2.75) is 13.3 Å². The molecule has 0 unspecified atom stereocenters. The number of hydrogen-bond acceptors (Lipinski definition) is 4. The summed E-state index contributed by atoms with van der Waals surface area (Å²) in [6, 6.07) is 9.85. The highest BCUT2D eigenvalue weighted by Gasteiger charge is 2.11. The van der Waals surface area contributed by atoms with Gasteiger partial charge in [-0.2, -0.15) is 5.10 Å². The first-order chi connectivity index (χ1) is 10.1. The third-order valence-corrected chi connectivity index (χ3v) is 4.29. The SMILES string of the molecule is Cc1cc(C(=O)NCCc2nc3ccccc3s2)n(C)n1. The van der Waals surface area contributed by atoms with Crippen LogP contribution in [0.25, 0.3) is 10.2 Å². The van der Waals surface area contributed by atoms with Gasteiger partial charge in [0.2, 0.25) is 0 Å². The number of fused-ring (bicyclic) bond motifs is 1. The lowest BCUT2D eigenvalue weighted by Crippen LogP contribution is -2.27. The summed E-state index contributed by atoms with van der Waals surface area (Å²) in [7, 11) is 1.77. The molecule has 108 valence electrons. The number of carbonyl (C=O) groups is 1. The van der Waals surface area contributed by atoms with Gasteiger partial charge in [0.15, 0.2) is 0 Å². The fourth-order valence-corrected chi connectivity index (χ4v) is 3.19. The molecule has 6 heteroatoms. The lowest BCUT2D eigenvalue weighted by Gasteiger charge is -2.03. The molecule has 1 N–H and O–H groups in total. The van der Waals surface area contributed by atoms with Crippen LogP contribution in [0.5, 0.6) is 0 Å². The highest BCUT2D eigenvalue weighted by molar-refractivity contribution is 7.18. The van der Waals surface area contributed by atoms with E-state index in [1.54, 1.807) is 29.1 Å². The fourth-order valence-electron chi connectivity index (χ4n) is 2.22. The van der Waals surface area contributed by atoms with Crippen molar-refractivity contribution in [3.63, 3.8) is 0 Å². The molecule has 21 heavy (non-hydrogen) atoms. The smallest absolute Gasteiger partial charge is 0.269 e. The Morgan fingerprint density at radius 3 is 2.90 bits per heavy atom. The number of benzene rings is 1. The van der Waals surface area contributed by atoms with Crippen LogP contribution in [0.15, 0.2) is 30.3 Å². The van der Waals surface area contributed by atoms with E-state index in [9.17, 15) is 4.79 Å². The molecule has 1 aromatic carbocycles. The molecule has 1 amide bonds. The molecule has 0 spiro atoms. The molecule has 3 aromatic rings. The Morgan fingerprint density at radius 2 is 2.19 bits per heavy atom. The van der Waals surface area contributed by atoms with E-state index < -0.39 is 0 Å². The standard InChI is InChI=1S/C15H16N4OS/c1-10-9-12(19(2)18-10)15(20)16-8-7-14-17-11-5-3-4-6-13(11)21-14/h3-6,9H,7-8H2,1-2H3,(H,16,20). The number of amides is 1. The van der Waals surface area contributed by atoms with E-state index in [2.05, 4.69) is 21.5 Å². The molecule has 0 aliphatic rings. The summed E-state index contributed by atoms with van der Waals surface area (Å²) in [4.78, 5) is 16.6. The zero-order valence-corrected chi connectivity index (χ0v) is 12.8. The second-order valence-corrected chi connectivity index (χ2v) is 5.99. The molecule has 0 fully saturated rings. The maximum Gasteiger partial charge on any atom is 0.269 e. The minimum atomic E-state index is -0.0980. The number of carbonyl (C=O) groups excluding carboxylic acids is 1. The van der Waals surface area contributed by atoms with Gasteiger partial charge in [-0.25, -0.2) is 4.98 Å². The van der Waals surface area contributed by atoms with Crippen molar-refractivity contribution < 1.29 is 4.79 Å².